The van der Waals surface area contributed by atoms with Crippen LogP contribution in [0.2, 0.25) is 0 Å². The summed E-state index contributed by atoms with van der Waals surface area (Å²) in [7, 11) is 0. The third kappa shape index (κ3) is 2.85. The van der Waals surface area contributed by atoms with E-state index in [4.69, 9.17) is 11.0 Å². The molecule has 5 nitrogen and oxygen atoms in total. The lowest BCUT2D eigenvalue weighted by atomic mass is 10.0. The van der Waals surface area contributed by atoms with Gasteiger partial charge in [0.2, 0.25) is 0 Å². The molecule has 1 unspecified atom stereocenters. The average molecular weight is 211 g/mol. The average Bonchev–Trinajstić information content (AvgIpc) is 2.22. The third-order valence-electron chi connectivity index (χ3n) is 2.10. The number of hydrogen-bond donors (Lipinski definition) is 3. The van der Waals surface area contributed by atoms with Crippen LogP contribution < -0.4 is 5.90 Å². The highest BCUT2D eigenvalue weighted by Crippen LogP contribution is 2.26. The molecule has 1 aromatic carbocycles. The minimum Gasteiger partial charge on any atom is -0.504 e. The standard InChI is InChI=1S/C10H13NO4/c1-6(10(14)15-11)4-7-2-3-8(12)9(13)5-7/h2-3,5-6,12-13H,4,11H2,1H3. The van der Waals surface area contributed by atoms with E-state index in [9.17, 15) is 9.90 Å². The van der Waals surface area contributed by atoms with Crippen LogP contribution in [0.15, 0.2) is 18.2 Å². The van der Waals surface area contributed by atoms with E-state index in [0.717, 1.165) is 5.56 Å². The maximum absolute atomic E-state index is 11.0. The fourth-order valence-electron chi connectivity index (χ4n) is 1.25. The topological polar surface area (TPSA) is 92.8 Å². The quantitative estimate of drug-likeness (QED) is 0.505. The van der Waals surface area contributed by atoms with E-state index < -0.39 is 5.97 Å². The van der Waals surface area contributed by atoms with Crippen molar-refractivity contribution in [1.82, 2.24) is 0 Å². The van der Waals surface area contributed by atoms with Crippen LogP contribution in [0.25, 0.3) is 0 Å². The molecule has 0 heterocycles. The minimum absolute atomic E-state index is 0.187. The number of rotatable bonds is 3. The summed E-state index contributed by atoms with van der Waals surface area (Å²) in [4.78, 5) is 15.1. The zero-order chi connectivity index (χ0) is 11.4. The molecule has 1 aromatic rings. The van der Waals surface area contributed by atoms with Crippen molar-refractivity contribution in [2.24, 2.45) is 11.8 Å². The minimum atomic E-state index is -0.512. The van der Waals surface area contributed by atoms with Gasteiger partial charge in [-0.1, -0.05) is 13.0 Å². The molecule has 0 spiro atoms. The molecule has 5 heteroatoms. The second-order valence-electron chi connectivity index (χ2n) is 3.37. The molecular formula is C10H13NO4. The highest BCUT2D eigenvalue weighted by atomic mass is 16.7. The Morgan fingerprint density at radius 2 is 2.13 bits per heavy atom. The fourth-order valence-corrected chi connectivity index (χ4v) is 1.25. The van der Waals surface area contributed by atoms with E-state index >= 15 is 0 Å². The molecule has 4 N–H and O–H groups in total. The van der Waals surface area contributed by atoms with Gasteiger partial charge in [-0.15, -0.1) is 0 Å². The second kappa shape index (κ2) is 4.65. The summed E-state index contributed by atoms with van der Waals surface area (Å²) in [6.45, 7) is 1.67. The predicted molar refractivity (Wildman–Crippen MR) is 52.9 cm³/mol. The third-order valence-corrected chi connectivity index (χ3v) is 2.10. The SMILES string of the molecule is CC(Cc1ccc(O)c(O)c1)C(=O)ON. The van der Waals surface area contributed by atoms with Gasteiger partial charge in [0.15, 0.2) is 11.5 Å². The van der Waals surface area contributed by atoms with Crippen molar-refractivity contribution < 1.29 is 19.8 Å². The molecular weight excluding hydrogens is 198 g/mol. The smallest absolute Gasteiger partial charge is 0.327 e. The molecule has 0 radical (unpaired) electrons. The summed E-state index contributed by atoms with van der Waals surface area (Å²) in [5.74, 6) is 3.45. The number of aromatic hydroxyl groups is 2. The highest BCUT2D eigenvalue weighted by Gasteiger charge is 2.14. The summed E-state index contributed by atoms with van der Waals surface area (Å²) in [5, 5.41) is 18.3. The molecule has 15 heavy (non-hydrogen) atoms. The first kappa shape index (κ1) is 11.3. The van der Waals surface area contributed by atoms with Crippen LogP contribution in [0, 0.1) is 5.92 Å². The number of hydrogen-bond acceptors (Lipinski definition) is 5. The van der Waals surface area contributed by atoms with Gasteiger partial charge in [-0.05, 0) is 24.1 Å². The lowest BCUT2D eigenvalue weighted by Gasteiger charge is -2.08. The van der Waals surface area contributed by atoms with Gasteiger partial charge in [0, 0.05) is 0 Å². The molecule has 0 aliphatic carbocycles. The van der Waals surface area contributed by atoms with Crippen LogP contribution in [0.4, 0.5) is 0 Å². The van der Waals surface area contributed by atoms with E-state index in [1.165, 1.54) is 12.1 Å². The van der Waals surface area contributed by atoms with Crippen molar-refractivity contribution in [3.8, 4) is 11.5 Å². The monoisotopic (exact) mass is 211 g/mol. The fraction of sp³-hybridized carbons (Fsp3) is 0.300. The van der Waals surface area contributed by atoms with Gasteiger partial charge >= 0.3 is 5.97 Å². The predicted octanol–water partition coefficient (Wildman–Crippen LogP) is 0.693. The summed E-state index contributed by atoms with van der Waals surface area (Å²) < 4.78 is 0. The molecule has 0 amide bonds. The van der Waals surface area contributed by atoms with E-state index in [2.05, 4.69) is 4.84 Å². The summed E-state index contributed by atoms with van der Waals surface area (Å²) in [6, 6.07) is 4.39. The summed E-state index contributed by atoms with van der Waals surface area (Å²) in [6.07, 6.45) is 0.393. The zero-order valence-electron chi connectivity index (χ0n) is 8.30. The Morgan fingerprint density at radius 3 is 2.67 bits per heavy atom. The highest BCUT2D eigenvalue weighted by molar-refractivity contribution is 5.72. The van der Waals surface area contributed by atoms with Crippen molar-refractivity contribution in [3.05, 3.63) is 23.8 Å². The Bertz CT molecular complexity index is 364. The normalized spacial score (nSPS) is 12.1. The molecule has 0 aromatic heterocycles. The summed E-state index contributed by atoms with van der Waals surface area (Å²) >= 11 is 0. The Hall–Kier alpha value is -1.75. The molecule has 0 fully saturated rings. The molecule has 1 rings (SSSR count). The number of phenolic OH excluding ortho intramolecular Hbond substituents is 2. The molecule has 0 bridgehead atoms. The van der Waals surface area contributed by atoms with Gasteiger partial charge in [0.05, 0.1) is 5.92 Å². The second-order valence-corrected chi connectivity index (χ2v) is 3.37. The van der Waals surface area contributed by atoms with E-state index in [-0.39, 0.29) is 17.4 Å². The van der Waals surface area contributed by atoms with Crippen LogP contribution in [0.5, 0.6) is 11.5 Å². The van der Waals surface area contributed by atoms with Crippen molar-refractivity contribution in [1.29, 1.82) is 0 Å². The van der Waals surface area contributed by atoms with E-state index in [0.29, 0.717) is 6.42 Å². The maximum Gasteiger partial charge on any atom is 0.327 e. The first-order valence-corrected chi connectivity index (χ1v) is 4.46. The number of nitrogens with two attached hydrogens (primary N) is 1. The van der Waals surface area contributed by atoms with Gasteiger partial charge < -0.3 is 15.1 Å². The van der Waals surface area contributed by atoms with Crippen molar-refractivity contribution in [2.45, 2.75) is 13.3 Å². The van der Waals surface area contributed by atoms with Crippen molar-refractivity contribution >= 4 is 5.97 Å². The molecule has 0 saturated carbocycles. The number of carbonyl (C=O) groups is 1. The molecule has 1 atom stereocenters. The number of carbonyl (C=O) groups excluding carboxylic acids is 1. The van der Waals surface area contributed by atoms with Gasteiger partial charge in [-0.25, -0.2) is 0 Å². The van der Waals surface area contributed by atoms with Crippen LogP contribution in [0.1, 0.15) is 12.5 Å². The van der Waals surface area contributed by atoms with Crippen molar-refractivity contribution in [3.63, 3.8) is 0 Å². The van der Waals surface area contributed by atoms with Gasteiger partial charge in [-0.2, -0.15) is 5.90 Å². The van der Waals surface area contributed by atoms with E-state index in [1.54, 1.807) is 13.0 Å². The summed E-state index contributed by atoms with van der Waals surface area (Å²) in [5.41, 5.74) is 0.725. The van der Waals surface area contributed by atoms with Gasteiger partial charge in [-0.3, -0.25) is 4.79 Å². The molecule has 0 saturated heterocycles. The van der Waals surface area contributed by atoms with Crippen LogP contribution >= 0.6 is 0 Å². The first-order valence-electron chi connectivity index (χ1n) is 4.46. The Morgan fingerprint density at radius 1 is 1.47 bits per heavy atom. The number of phenols is 2. The molecule has 82 valence electrons. The molecule has 0 aliphatic rings. The van der Waals surface area contributed by atoms with Crippen LogP contribution in [-0.4, -0.2) is 16.2 Å². The Labute approximate surface area is 87.0 Å². The first-order chi connectivity index (χ1) is 7.04. The van der Waals surface area contributed by atoms with Crippen molar-refractivity contribution in [2.75, 3.05) is 0 Å². The Balaban J connectivity index is 2.73. The molecule has 0 aliphatic heterocycles. The van der Waals surface area contributed by atoms with Crippen LogP contribution in [-0.2, 0) is 16.1 Å². The van der Waals surface area contributed by atoms with Gasteiger partial charge in [0.1, 0.15) is 0 Å². The van der Waals surface area contributed by atoms with Gasteiger partial charge in [0.25, 0.3) is 0 Å². The lowest BCUT2D eigenvalue weighted by Crippen LogP contribution is -2.20. The largest absolute Gasteiger partial charge is 0.504 e. The zero-order valence-corrected chi connectivity index (χ0v) is 8.30. The Kier molecular flexibility index (Phi) is 3.51. The number of benzene rings is 1. The lowest BCUT2D eigenvalue weighted by molar-refractivity contribution is -0.148. The maximum atomic E-state index is 11.0. The van der Waals surface area contributed by atoms with Crippen LogP contribution in [0.3, 0.4) is 0 Å². The van der Waals surface area contributed by atoms with E-state index in [1.807, 2.05) is 0 Å².